The lowest BCUT2D eigenvalue weighted by Gasteiger charge is -2.01. The Kier molecular flexibility index (Phi) is 4.39. The molecule has 9 heteroatoms. The van der Waals surface area contributed by atoms with E-state index in [9.17, 15) is 10.1 Å². The first-order valence-corrected chi connectivity index (χ1v) is 8.48. The molecule has 0 radical (unpaired) electrons. The number of pyridine rings is 1. The second-order valence-electron chi connectivity index (χ2n) is 5.53. The number of imidazole rings is 1. The van der Waals surface area contributed by atoms with Crippen molar-refractivity contribution in [1.82, 2.24) is 9.38 Å². The molecule has 0 aliphatic rings. The molecule has 4 rings (SSSR count). The van der Waals surface area contributed by atoms with Gasteiger partial charge in [-0.3, -0.25) is 14.5 Å². The number of furan rings is 1. The van der Waals surface area contributed by atoms with Crippen LogP contribution in [0.3, 0.4) is 0 Å². The molecule has 0 saturated heterocycles. The SMILES string of the molecule is O=[N+]([O-])c1cc(C=Nc2c(-c3ccco3)nc3ccccn23)c(Cl)cc1Cl. The first-order valence-electron chi connectivity index (χ1n) is 7.73. The van der Waals surface area contributed by atoms with Crippen LogP contribution in [0, 0.1) is 10.1 Å². The normalized spacial score (nSPS) is 11.5. The van der Waals surface area contributed by atoms with Crippen LogP contribution in [0.4, 0.5) is 11.5 Å². The Morgan fingerprint density at radius 1 is 1.19 bits per heavy atom. The van der Waals surface area contributed by atoms with E-state index in [1.807, 2.05) is 24.4 Å². The van der Waals surface area contributed by atoms with Gasteiger partial charge < -0.3 is 4.42 Å². The fourth-order valence-corrected chi connectivity index (χ4v) is 3.11. The number of aliphatic imine (C=N–C) groups is 1. The van der Waals surface area contributed by atoms with E-state index >= 15 is 0 Å². The number of aromatic nitrogens is 2. The van der Waals surface area contributed by atoms with Crippen LogP contribution in [-0.2, 0) is 0 Å². The first kappa shape index (κ1) is 17.3. The van der Waals surface area contributed by atoms with E-state index < -0.39 is 4.92 Å². The van der Waals surface area contributed by atoms with Crippen LogP contribution in [0.15, 0.2) is 64.3 Å². The summed E-state index contributed by atoms with van der Waals surface area (Å²) < 4.78 is 7.23. The second kappa shape index (κ2) is 6.86. The molecule has 7 nitrogen and oxygen atoms in total. The standard InChI is InChI=1S/C18H10Cl2N4O3/c19-12-9-13(20)14(24(25)26)8-11(12)10-21-18-17(15-4-3-7-27-15)22-16-5-1-2-6-23(16)18/h1-10H. The van der Waals surface area contributed by atoms with Gasteiger partial charge in [0, 0.05) is 24.0 Å². The van der Waals surface area contributed by atoms with Crippen LogP contribution < -0.4 is 0 Å². The van der Waals surface area contributed by atoms with E-state index in [4.69, 9.17) is 27.6 Å². The summed E-state index contributed by atoms with van der Waals surface area (Å²) in [6, 6.07) is 11.7. The van der Waals surface area contributed by atoms with Crippen molar-refractivity contribution in [2.45, 2.75) is 0 Å². The molecule has 4 aromatic rings. The fourth-order valence-electron chi connectivity index (χ4n) is 2.61. The molecule has 3 aromatic heterocycles. The number of benzene rings is 1. The lowest BCUT2D eigenvalue weighted by atomic mass is 10.2. The maximum atomic E-state index is 11.1. The van der Waals surface area contributed by atoms with E-state index in [0.29, 0.717) is 28.5 Å². The van der Waals surface area contributed by atoms with E-state index in [0.717, 1.165) is 0 Å². The molecule has 0 spiro atoms. The number of hydrogen-bond acceptors (Lipinski definition) is 5. The molecule has 0 saturated carbocycles. The minimum absolute atomic E-state index is 0.0340. The van der Waals surface area contributed by atoms with E-state index in [-0.39, 0.29) is 15.7 Å². The molecule has 0 amide bonds. The Labute approximate surface area is 162 Å². The molecule has 0 N–H and O–H groups in total. The van der Waals surface area contributed by atoms with Crippen LogP contribution in [-0.4, -0.2) is 20.5 Å². The highest BCUT2D eigenvalue weighted by Gasteiger charge is 2.17. The van der Waals surface area contributed by atoms with Crippen molar-refractivity contribution in [3.05, 3.63) is 80.6 Å². The molecule has 0 aliphatic carbocycles. The lowest BCUT2D eigenvalue weighted by Crippen LogP contribution is -1.93. The molecule has 134 valence electrons. The number of nitro groups is 1. The third-order valence-electron chi connectivity index (χ3n) is 3.85. The molecule has 0 aliphatic heterocycles. The second-order valence-corrected chi connectivity index (χ2v) is 6.34. The summed E-state index contributed by atoms with van der Waals surface area (Å²) in [4.78, 5) is 19.6. The third kappa shape index (κ3) is 3.18. The molecule has 0 unspecified atom stereocenters. The highest BCUT2D eigenvalue weighted by atomic mass is 35.5. The fraction of sp³-hybridized carbons (Fsp3) is 0. The molecule has 0 fully saturated rings. The van der Waals surface area contributed by atoms with Gasteiger partial charge in [-0.15, -0.1) is 0 Å². The average Bonchev–Trinajstić information content (AvgIpc) is 3.28. The van der Waals surface area contributed by atoms with E-state index in [1.165, 1.54) is 18.3 Å². The maximum Gasteiger partial charge on any atom is 0.288 e. The number of rotatable bonds is 4. The van der Waals surface area contributed by atoms with Gasteiger partial charge in [0.25, 0.3) is 5.69 Å². The zero-order valence-corrected chi connectivity index (χ0v) is 15.1. The van der Waals surface area contributed by atoms with Crippen LogP contribution in [0.2, 0.25) is 10.0 Å². The van der Waals surface area contributed by atoms with Crippen molar-refractivity contribution in [2.75, 3.05) is 0 Å². The summed E-state index contributed by atoms with van der Waals surface area (Å²) in [6.07, 6.45) is 4.80. The number of halogens is 2. The van der Waals surface area contributed by atoms with Crippen molar-refractivity contribution in [3.63, 3.8) is 0 Å². The molecular formula is C18H10Cl2N4O3. The Morgan fingerprint density at radius 3 is 2.78 bits per heavy atom. The van der Waals surface area contributed by atoms with Gasteiger partial charge in [0.2, 0.25) is 0 Å². The highest BCUT2D eigenvalue weighted by Crippen LogP contribution is 2.33. The van der Waals surface area contributed by atoms with Gasteiger partial charge in [-0.1, -0.05) is 29.3 Å². The zero-order chi connectivity index (χ0) is 19.0. The first-order chi connectivity index (χ1) is 13.0. The summed E-state index contributed by atoms with van der Waals surface area (Å²) in [5.74, 6) is 1.06. The summed E-state index contributed by atoms with van der Waals surface area (Å²) >= 11 is 12.0. The van der Waals surface area contributed by atoms with Gasteiger partial charge in [0.05, 0.1) is 16.2 Å². The quantitative estimate of drug-likeness (QED) is 0.255. The van der Waals surface area contributed by atoms with Gasteiger partial charge in [-0.05, 0) is 30.3 Å². The van der Waals surface area contributed by atoms with Crippen LogP contribution in [0.25, 0.3) is 17.1 Å². The van der Waals surface area contributed by atoms with Gasteiger partial charge in [0.1, 0.15) is 10.7 Å². The number of fused-ring (bicyclic) bond motifs is 1. The smallest absolute Gasteiger partial charge is 0.288 e. The Morgan fingerprint density at radius 2 is 2.04 bits per heavy atom. The summed E-state index contributed by atoms with van der Waals surface area (Å²) in [5, 5.41) is 11.3. The summed E-state index contributed by atoms with van der Waals surface area (Å²) in [6.45, 7) is 0. The van der Waals surface area contributed by atoms with Crippen molar-refractivity contribution in [1.29, 1.82) is 0 Å². The Balaban J connectivity index is 1.86. The molecule has 3 heterocycles. The average molecular weight is 401 g/mol. The van der Waals surface area contributed by atoms with Crippen molar-refractivity contribution in [3.8, 4) is 11.5 Å². The monoisotopic (exact) mass is 400 g/mol. The van der Waals surface area contributed by atoms with E-state index in [1.54, 1.807) is 22.8 Å². The van der Waals surface area contributed by atoms with Gasteiger partial charge >= 0.3 is 0 Å². The number of nitro benzene ring substituents is 1. The third-order valence-corrected chi connectivity index (χ3v) is 4.48. The topological polar surface area (TPSA) is 85.9 Å². The van der Waals surface area contributed by atoms with Crippen molar-refractivity contribution in [2.24, 2.45) is 4.99 Å². The summed E-state index contributed by atoms with van der Waals surface area (Å²) in [5.41, 5.74) is 1.35. The summed E-state index contributed by atoms with van der Waals surface area (Å²) in [7, 11) is 0. The van der Waals surface area contributed by atoms with Crippen molar-refractivity contribution < 1.29 is 9.34 Å². The van der Waals surface area contributed by atoms with E-state index in [2.05, 4.69) is 9.98 Å². The molecule has 27 heavy (non-hydrogen) atoms. The lowest BCUT2D eigenvalue weighted by molar-refractivity contribution is -0.384. The molecule has 0 atom stereocenters. The highest BCUT2D eigenvalue weighted by molar-refractivity contribution is 6.37. The van der Waals surface area contributed by atoms with Crippen LogP contribution in [0.5, 0.6) is 0 Å². The van der Waals surface area contributed by atoms with Gasteiger partial charge in [-0.25, -0.2) is 9.98 Å². The Hall–Kier alpha value is -3.16. The van der Waals surface area contributed by atoms with Crippen molar-refractivity contribution >= 4 is 46.6 Å². The predicted octanol–water partition coefficient (Wildman–Crippen LogP) is 5.56. The van der Waals surface area contributed by atoms with Gasteiger partial charge in [-0.2, -0.15) is 0 Å². The Bertz CT molecular complexity index is 1180. The minimum atomic E-state index is -0.571. The minimum Gasteiger partial charge on any atom is -0.463 e. The predicted molar refractivity (Wildman–Crippen MR) is 103 cm³/mol. The largest absolute Gasteiger partial charge is 0.463 e. The van der Waals surface area contributed by atoms with Gasteiger partial charge in [0.15, 0.2) is 17.3 Å². The molecule has 0 bridgehead atoms. The van der Waals surface area contributed by atoms with Crippen LogP contribution in [0.1, 0.15) is 5.56 Å². The zero-order valence-electron chi connectivity index (χ0n) is 13.5. The number of hydrogen-bond donors (Lipinski definition) is 0. The molecular weight excluding hydrogens is 391 g/mol. The van der Waals surface area contributed by atoms with Crippen LogP contribution >= 0.6 is 23.2 Å². The maximum absolute atomic E-state index is 11.1. The molecule has 1 aromatic carbocycles. The number of nitrogens with zero attached hydrogens (tertiary/aromatic N) is 4.